The third-order valence-electron chi connectivity index (χ3n) is 3.04. The summed E-state index contributed by atoms with van der Waals surface area (Å²) in [6.45, 7) is 4.23. The molecule has 20 heavy (non-hydrogen) atoms. The average Bonchev–Trinajstić information content (AvgIpc) is 2.97. The van der Waals surface area contributed by atoms with Crippen molar-refractivity contribution >= 4 is 23.3 Å². The van der Waals surface area contributed by atoms with Gasteiger partial charge in [0.05, 0.1) is 6.04 Å². The summed E-state index contributed by atoms with van der Waals surface area (Å²) in [5.41, 5.74) is 1.03. The van der Waals surface area contributed by atoms with Crippen molar-refractivity contribution in [2.24, 2.45) is 5.92 Å². The second-order valence-electron chi connectivity index (χ2n) is 4.99. The molecule has 1 unspecified atom stereocenters. The Morgan fingerprint density at radius 1 is 1.15 bits per heavy atom. The molecular formula is C17H19NOS. The van der Waals surface area contributed by atoms with Crippen molar-refractivity contribution in [3.63, 3.8) is 0 Å². The predicted octanol–water partition coefficient (Wildman–Crippen LogP) is 4.27. The van der Waals surface area contributed by atoms with Gasteiger partial charge in [-0.25, -0.2) is 0 Å². The van der Waals surface area contributed by atoms with E-state index in [2.05, 4.69) is 25.2 Å². The zero-order chi connectivity index (χ0) is 14.4. The molecule has 2 rings (SSSR count). The van der Waals surface area contributed by atoms with Crippen molar-refractivity contribution in [1.82, 2.24) is 5.32 Å². The Labute approximate surface area is 124 Å². The van der Waals surface area contributed by atoms with Crippen LogP contribution >= 0.6 is 11.3 Å². The summed E-state index contributed by atoms with van der Waals surface area (Å²) >= 11 is 1.68. The van der Waals surface area contributed by atoms with E-state index in [1.807, 2.05) is 47.9 Å². The first-order valence-corrected chi connectivity index (χ1v) is 7.62. The minimum absolute atomic E-state index is 0.0547. The molecule has 0 saturated carbocycles. The summed E-state index contributed by atoms with van der Waals surface area (Å²) in [5, 5.41) is 5.11. The van der Waals surface area contributed by atoms with Crippen LogP contribution in [0.2, 0.25) is 0 Å². The lowest BCUT2D eigenvalue weighted by molar-refractivity contribution is -0.117. The number of hydrogen-bond acceptors (Lipinski definition) is 2. The third kappa shape index (κ3) is 4.07. The molecule has 2 aromatic rings. The number of carbonyl (C=O) groups excluding carboxylic acids is 1. The Balaban J connectivity index is 2.01. The Kier molecular flexibility index (Phi) is 5.13. The van der Waals surface area contributed by atoms with E-state index < -0.39 is 0 Å². The zero-order valence-electron chi connectivity index (χ0n) is 11.7. The van der Waals surface area contributed by atoms with Crippen molar-refractivity contribution in [3.05, 3.63) is 64.4 Å². The first-order chi connectivity index (χ1) is 9.66. The fourth-order valence-electron chi connectivity index (χ4n) is 1.97. The molecule has 1 atom stereocenters. The number of hydrogen-bond donors (Lipinski definition) is 1. The van der Waals surface area contributed by atoms with Crippen molar-refractivity contribution in [3.8, 4) is 0 Å². The van der Waals surface area contributed by atoms with E-state index in [1.54, 1.807) is 17.4 Å². The molecule has 1 heterocycles. The van der Waals surface area contributed by atoms with Crippen molar-refractivity contribution in [2.75, 3.05) is 0 Å². The number of carbonyl (C=O) groups is 1. The molecule has 0 bridgehead atoms. The molecule has 1 amide bonds. The minimum atomic E-state index is -0.0547. The zero-order valence-corrected chi connectivity index (χ0v) is 12.6. The highest BCUT2D eigenvalue weighted by molar-refractivity contribution is 7.10. The monoisotopic (exact) mass is 285 g/mol. The molecule has 1 aromatic carbocycles. The van der Waals surface area contributed by atoms with E-state index in [9.17, 15) is 4.79 Å². The highest BCUT2D eigenvalue weighted by atomic mass is 32.1. The van der Waals surface area contributed by atoms with Crippen LogP contribution < -0.4 is 5.32 Å². The van der Waals surface area contributed by atoms with Crippen LogP contribution in [0.25, 0.3) is 6.08 Å². The van der Waals surface area contributed by atoms with Crippen LogP contribution in [0.15, 0.2) is 53.9 Å². The summed E-state index contributed by atoms with van der Waals surface area (Å²) in [6.07, 6.45) is 3.43. The summed E-state index contributed by atoms with van der Waals surface area (Å²) in [5.74, 6) is 0.309. The summed E-state index contributed by atoms with van der Waals surface area (Å²) in [7, 11) is 0. The maximum atomic E-state index is 12.0. The standard InChI is InChI=1S/C17H19NOS/c1-13(2)17(15-9-6-12-20-15)18-16(19)11-10-14-7-4-3-5-8-14/h3-13,17H,1-2H3,(H,18,19)/b11-10+. The first-order valence-electron chi connectivity index (χ1n) is 6.74. The van der Waals surface area contributed by atoms with Gasteiger partial charge in [0.1, 0.15) is 0 Å². The van der Waals surface area contributed by atoms with Gasteiger partial charge in [0.25, 0.3) is 0 Å². The molecule has 0 saturated heterocycles. The summed E-state index contributed by atoms with van der Waals surface area (Å²) in [6, 6.07) is 14.0. The third-order valence-corrected chi connectivity index (χ3v) is 4.00. The molecule has 2 nitrogen and oxygen atoms in total. The number of thiophene rings is 1. The quantitative estimate of drug-likeness (QED) is 0.816. The largest absolute Gasteiger partial charge is 0.345 e. The van der Waals surface area contributed by atoms with E-state index in [4.69, 9.17) is 0 Å². The molecule has 1 N–H and O–H groups in total. The molecular weight excluding hydrogens is 266 g/mol. The van der Waals surface area contributed by atoms with E-state index in [0.717, 1.165) is 5.56 Å². The van der Waals surface area contributed by atoms with Gasteiger partial charge in [0.2, 0.25) is 5.91 Å². The Bertz CT molecular complexity index is 558. The second kappa shape index (κ2) is 7.06. The maximum absolute atomic E-state index is 12.0. The Hall–Kier alpha value is -1.87. The first kappa shape index (κ1) is 14.5. The van der Waals surface area contributed by atoms with Gasteiger partial charge in [-0.1, -0.05) is 50.2 Å². The number of nitrogens with one attached hydrogen (secondary N) is 1. The minimum Gasteiger partial charge on any atom is -0.345 e. The van der Waals surface area contributed by atoms with Crippen LogP contribution in [0.3, 0.4) is 0 Å². The van der Waals surface area contributed by atoms with Crippen molar-refractivity contribution in [1.29, 1.82) is 0 Å². The summed E-state index contributed by atoms with van der Waals surface area (Å²) in [4.78, 5) is 13.2. The van der Waals surface area contributed by atoms with Crippen LogP contribution in [0.4, 0.5) is 0 Å². The Morgan fingerprint density at radius 2 is 1.90 bits per heavy atom. The lowest BCUT2D eigenvalue weighted by Crippen LogP contribution is -2.29. The maximum Gasteiger partial charge on any atom is 0.244 e. The van der Waals surface area contributed by atoms with Crippen LogP contribution in [-0.2, 0) is 4.79 Å². The molecule has 1 aromatic heterocycles. The normalized spacial score (nSPS) is 12.8. The molecule has 0 aliphatic rings. The topological polar surface area (TPSA) is 29.1 Å². The van der Waals surface area contributed by atoms with Crippen LogP contribution in [0, 0.1) is 5.92 Å². The molecule has 0 spiro atoms. The van der Waals surface area contributed by atoms with Gasteiger partial charge in [-0.05, 0) is 29.0 Å². The SMILES string of the molecule is CC(C)C(NC(=O)/C=C/c1ccccc1)c1cccs1. The number of amides is 1. The van der Waals surface area contributed by atoms with Gasteiger partial charge in [-0.2, -0.15) is 0 Å². The predicted molar refractivity (Wildman–Crippen MR) is 85.5 cm³/mol. The van der Waals surface area contributed by atoms with Gasteiger partial charge in [0, 0.05) is 11.0 Å². The van der Waals surface area contributed by atoms with Gasteiger partial charge in [-0.3, -0.25) is 4.79 Å². The average molecular weight is 285 g/mol. The lowest BCUT2D eigenvalue weighted by Gasteiger charge is -2.20. The van der Waals surface area contributed by atoms with Gasteiger partial charge < -0.3 is 5.32 Å². The van der Waals surface area contributed by atoms with E-state index >= 15 is 0 Å². The van der Waals surface area contributed by atoms with E-state index in [-0.39, 0.29) is 11.9 Å². The highest BCUT2D eigenvalue weighted by Crippen LogP contribution is 2.25. The molecule has 0 fully saturated rings. The molecule has 0 aliphatic carbocycles. The fourth-order valence-corrected chi connectivity index (χ4v) is 2.92. The van der Waals surface area contributed by atoms with Crippen LogP contribution in [-0.4, -0.2) is 5.91 Å². The molecule has 3 heteroatoms. The van der Waals surface area contributed by atoms with Gasteiger partial charge in [0.15, 0.2) is 0 Å². The van der Waals surface area contributed by atoms with Crippen molar-refractivity contribution < 1.29 is 4.79 Å². The number of rotatable bonds is 5. The number of benzene rings is 1. The highest BCUT2D eigenvalue weighted by Gasteiger charge is 2.17. The smallest absolute Gasteiger partial charge is 0.244 e. The van der Waals surface area contributed by atoms with Gasteiger partial charge >= 0.3 is 0 Å². The second-order valence-corrected chi connectivity index (χ2v) is 5.97. The fraction of sp³-hybridized carbons (Fsp3) is 0.235. The molecule has 0 radical (unpaired) electrons. The Morgan fingerprint density at radius 3 is 2.50 bits per heavy atom. The molecule has 104 valence electrons. The van der Waals surface area contributed by atoms with Crippen LogP contribution in [0.1, 0.15) is 30.3 Å². The summed E-state index contributed by atoms with van der Waals surface area (Å²) < 4.78 is 0. The van der Waals surface area contributed by atoms with Crippen molar-refractivity contribution in [2.45, 2.75) is 19.9 Å². The van der Waals surface area contributed by atoms with E-state index in [1.165, 1.54) is 4.88 Å². The van der Waals surface area contributed by atoms with Crippen LogP contribution in [0.5, 0.6) is 0 Å². The van der Waals surface area contributed by atoms with E-state index in [0.29, 0.717) is 5.92 Å². The lowest BCUT2D eigenvalue weighted by atomic mass is 10.0. The molecule has 0 aliphatic heterocycles. The van der Waals surface area contributed by atoms with Gasteiger partial charge in [-0.15, -0.1) is 11.3 Å².